The minimum Gasteiger partial charge on any atom is -0.508 e. The van der Waals surface area contributed by atoms with Gasteiger partial charge in [-0.05, 0) is 38.0 Å². The first-order valence-electron chi connectivity index (χ1n) is 7.04. The third kappa shape index (κ3) is 1.98. The quantitative estimate of drug-likeness (QED) is 0.836. The van der Waals surface area contributed by atoms with Crippen molar-refractivity contribution in [2.45, 2.75) is 32.4 Å². The van der Waals surface area contributed by atoms with Gasteiger partial charge in [0.25, 0.3) is 11.8 Å². The summed E-state index contributed by atoms with van der Waals surface area (Å²) in [6, 6.07) is 4.34. The van der Waals surface area contributed by atoms with Gasteiger partial charge in [0.2, 0.25) is 0 Å². The van der Waals surface area contributed by atoms with E-state index in [0.717, 1.165) is 25.9 Å². The second-order valence-electron chi connectivity index (χ2n) is 5.44. The van der Waals surface area contributed by atoms with Gasteiger partial charge in [-0.25, -0.2) is 0 Å². The standard InChI is InChI=1S/C15H18N2O3/c1-10(16-7-3-2-4-8-16)17-14(19)12-6-5-11(18)9-13(12)15(17)20/h5-6,9-10,18H,2-4,7-8H2,1H3. The molecule has 2 aliphatic rings. The Balaban J connectivity index is 1.89. The first kappa shape index (κ1) is 13.1. The van der Waals surface area contributed by atoms with Gasteiger partial charge in [0.15, 0.2) is 0 Å². The third-order valence-electron chi connectivity index (χ3n) is 4.19. The number of phenolic OH excluding ortho intramolecular Hbond substituents is 1. The first-order chi connectivity index (χ1) is 9.59. The van der Waals surface area contributed by atoms with Crippen molar-refractivity contribution in [3.8, 4) is 5.75 Å². The van der Waals surface area contributed by atoms with Crippen molar-refractivity contribution in [1.82, 2.24) is 9.80 Å². The summed E-state index contributed by atoms with van der Waals surface area (Å²) < 4.78 is 0. The number of carbonyl (C=O) groups excluding carboxylic acids is 2. The largest absolute Gasteiger partial charge is 0.508 e. The van der Waals surface area contributed by atoms with Crippen molar-refractivity contribution in [1.29, 1.82) is 0 Å². The van der Waals surface area contributed by atoms with Crippen LogP contribution in [0.5, 0.6) is 5.75 Å². The molecular formula is C15H18N2O3. The second kappa shape index (κ2) is 4.90. The fourth-order valence-corrected chi connectivity index (χ4v) is 3.04. The minimum atomic E-state index is -0.307. The highest BCUT2D eigenvalue weighted by Crippen LogP contribution is 2.29. The summed E-state index contributed by atoms with van der Waals surface area (Å²) in [7, 11) is 0. The maximum Gasteiger partial charge on any atom is 0.263 e. The molecule has 20 heavy (non-hydrogen) atoms. The SMILES string of the molecule is CC(N1CCCCC1)N1C(=O)c2ccc(O)cc2C1=O. The first-order valence-corrected chi connectivity index (χ1v) is 7.04. The smallest absolute Gasteiger partial charge is 0.263 e. The van der Waals surface area contributed by atoms with Crippen LogP contribution in [0.25, 0.3) is 0 Å². The van der Waals surface area contributed by atoms with Crippen LogP contribution in [0.4, 0.5) is 0 Å². The van der Waals surface area contributed by atoms with Crippen molar-refractivity contribution < 1.29 is 14.7 Å². The summed E-state index contributed by atoms with van der Waals surface area (Å²) in [4.78, 5) is 28.3. The molecule has 5 heteroatoms. The van der Waals surface area contributed by atoms with Crippen LogP contribution in [0.2, 0.25) is 0 Å². The Kier molecular flexibility index (Phi) is 3.22. The molecule has 1 aromatic rings. The van der Waals surface area contributed by atoms with Gasteiger partial charge in [-0.1, -0.05) is 6.42 Å². The molecule has 3 rings (SSSR count). The topological polar surface area (TPSA) is 60.9 Å². The van der Waals surface area contributed by atoms with Crippen LogP contribution in [0.15, 0.2) is 18.2 Å². The zero-order valence-electron chi connectivity index (χ0n) is 11.5. The number of carbonyl (C=O) groups is 2. The van der Waals surface area contributed by atoms with Crippen LogP contribution < -0.4 is 0 Å². The Morgan fingerprint density at radius 2 is 1.70 bits per heavy atom. The molecule has 0 aliphatic carbocycles. The number of imide groups is 1. The van der Waals surface area contributed by atoms with Gasteiger partial charge >= 0.3 is 0 Å². The molecular weight excluding hydrogens is 256 g/mol. The molecule has 1 fully saturated rings. The van der Waals surface area contributed by atoms with Crippen LogP contribution >= 0.6 is 0 Å². The van der Waals surface area contributed by atoms with Gasteiger partial charge in [0.1, 0.15) is 5.75 Å². The molecule has 0 saturated carbocycles. The average molecular weight is 274 g/mol. The highest BCUT2D eigenvalue weighted by Gasteiger charge is 2.40. The van der Waals surface area contributed by atoms with E-state index in [1.165, 1.54) is 29.5 Å². The van der Waals surface area contributed by atoms with E-state index in [9.17, 15) is 14.7 Å². The molecule has 0 radical (unpaired) electrons. The predicted molar refractivity (Wildman–Crippen MR) is 73.5 cm³/mol. The second-order valence-corrected chi connectivity index (χ2v) is 5.44. The molecule has 0 spiro atoms. The molecule has 2 amide bonds. The van der Waals surface area contributed by atoms with Crippen molar-refractivity contribution >= 4 is 11.8 Å². The van der Waals surface area contributed by atoms with Gasteiger partial charge in [-0.15, -0.1) is 0 Å². The van der Waals surface area contributed by atoms with E-state index in [-0.39, 0.29) is 23.7 Å². The Hall–Kier alpha value is -1.88. The minimum absolute atomic E-state index is 0.0115. The van der Waals surface area contributed by atoms with E-state index in [4.69, 9.17) is 0 Å². The molecule has 0 bridgehead atoms. The Morgan fingerprint density at radius 3 is 2.40 bits per heavy atom. The number of nitrogens with zero attached hydrogens (tertiary/aromatic N) is 2. The summed E-state index contributed by atoms with van der Waals surface area (Å²) in [6.45, 7) is 3.73. The van der Waals surface area contributed by atoms with E-state index < -0.39 is 0 Å². The monoisotopic (exact) mass is 274 g/mol. The van der Waals surface area contributed by atoms with E-state index in [1.807, 2.05) is 6.92 Å². The summed E-state index contributed by atoms with van der Waals surface area (Å²) in [5.41, 5.74) is 0.690. The highest BCUT2D eigenvalue weighted by molar-refractivity contribution is 6.21. The Morgan fingerprint density at radius 1 is 1.05 bits per heavy atom. The van der Waals surface area contributed by atoms with Gasteiger partial charge in [0.05, 0.1) is 17.3 Å². The number of amides is 2. The molecule has 106 valence electrons. The number of rotatable bonds is 2. The van der Waals surface area contributed by atoms with Gasteiger partial charge in [-0.2, -0.15) is 0 Å². The Bertz CT molecular complexity index is 564. The lowest BCUT2D eigenvalue weighted by Gasteiger charge is -2.36. The van der Waals surface area contributed by atoms with E-state index in [1.54, 1.807) is 0 Å². The number of aromatic hydroxyl groups is 1. The van der Waals surface area contributed by atoms with Crippen LogP contribution in [0.3, 0.4) is 0 Å². The molecule has 1 atom stereocenters. The van der Waals surface area contributed by atoms with E-state index in [2.05, 4.69) is 4.90 Å². The van der Waals surface area contributed by atoms with Crippen LogP contribution in [-0.4, -0.2) is 46.0 Å². The van der Waals surface area contributed by atoms with Crippen LogP contribution in [0.1, 0.15) is 46.9 Å². The highest BCUT2D eigenvalue weighted by atomic mass is 16.3. The van der Waals surface area contributed by atoms with Crippen molar-refractivity contribution in [2.24, 2.45) is 0 Å². The molecule has 2 aliphatic heterocycles. The zero-order chi connectivity index (χ0) is 14.3. The van der Waals surface area contributed by atoms with Crippen molar-refractivity contribution in [2.75, 3.05) is 13.1 Å². The number of phenols is 1. The maximum atomic E-state index is 12.4. The summed E-state index contributed by atoms with van der Waals surface area (Å²) in [6.07, 6.45) is 3.19. The summed E-state index contributed by atoms with van der Waals surface area (Å²) >= 11 is 0. The maximum absolute atomic E-state index is 12.4. The molecule has 5 nitrogen and oxygen atoms in total. The fourth-order valence-electron chi connectivity index (χ4n) is 3.04. The zero-order valence-corrected chi connectivity index (χ0v) is 11.5. The molecule has 1 N–H and O–H groups in total. The van der Waals surface area contributed by atoms with Gasteiger partial charge in [-0.3, -0.25) is 19.4 Å². The number of fused-ring (bicyclic) bond motifs is 1. The molecule has 2 heterocycles. The van der Waals surface area contributed by atoms with E-state index in [0.29, 0.717) is 11.1 Å². The molecule has 1 unspecified atom stereocenters. The number of benzene rings is 1. The lowest BCUT2D eigenvalue weighted by Crippen LogP contribution is -2.50. The molecule has 1 aromatic carbocycles. The van der Waals surface area contributed by atoms with Crippen LogP contribution in [0, 0.1) is 0 Å². The Labute approximate surface area is 117 Å². The molecule has 1 saturated heterocycles. The summed E-state index contributed by atoms with van der Waals surface area (Å²) in [5.74, 6) is -0.556. The van der Waals surface area contributed by atoms with Gasteiger partial charge in [0, 0.05) is 13.1 Å². The van der Waals surface area contributed by atoms with Crippen molar-refractivity contribution in [3.63, 3.8) is 0 Å². The molecule has 0 aromatic heterocycles. The average Bonchev–Trinajstić information content (AvgIpc) is 2.71. The van der Waals surface area contributed by atoms with Crippen molar-refractivity contribution in [3.05, 3.63) is 29.3 Å². The predicted octanol–water partition coefficient (Wildman–Crippen LogP) is 1.82. The third-order valence-corrected chi connectivity index (χ3v) is 4.19. The number of hydrogen-bond acceptors (Lipinski definition) is 4. The lowest BCUT2D eigenvalue weighted by atomic mass is 10.1. The van der Waals surface area contributed by atoms with Gasteiger partial charge < -0.3 is 5.11 Å². The number of hydrogen-bond donors (Lipinski definition) is 1. The van der Waals surface area contributed by atoms with Crippen LogP contribution in [-0.2, 0) is 0 Å². The fraction of sp³-hybridized carbons (Fsp3) is 0.467. The normalized spacial score (nSPS) is 21.1. The van der Waals surface area contributed by atoms with E-state index >= 15 is 0 Å². The lowest BCUT2D eigenvalue weighted by molar-refractivity contribution is 0.0306. The number of piperidine rings is 1. The summed E-state index contributed by atoms with van der Waals surface area (Å²) in [5, 5.41) is 9.48. The number of likely N-dealkylation sites (tertiary alicyclic amines) is 1.